The number of benzene rings is 2. The fourth-order valence-corrected chi connectivity index (χ4v) is 5.87. The van der Waals surface area contributed by atoms with Gasteiger partial charge in [0.25, 0.3) is 0 Å². The van der Waals surface area contributed by atoms with Crippen LogP contribution in [0.25, 0.3) is 10.8 Å². The van der Waals surface area contributed by atoms with Crippen LogP contribution in [0.15, 0.2) is 36.4 Å². The Labute approximate surface area is 199 Å². The van der Waals surface area contributed by atoms with Crippen LogP contribution in [0.4, 0.5) is 0 Å². The molecule has 2 atom stereocenters. The number of fused-ring (bicyclic) bond motifs is 1. The molecule has 0 aromatic heterocycles. The van der Waals surface area contributed by atoms with E-state index in [-0.39, 0.29) is 17.4 Å². The van der Waals surface area contributed by atoms with E-state index in [0.717, 1.165) is 43.9 Å². The van der Waals surface area contributed by atoms with Gasteiger partial charge < -0.3 is 15.2 Å². The Hall–Kier alpha value is -2.07. The van der Waals surface area contributed by atoms with Gasteiger partial charge in [-0.15, -0.1) is 0 Å². The number of ether oxygens (including phenoxy) is 1. The van der Waals surface area contributed by atoms with Crippen molar-refractivity contribution in [3.8, 4) is 5.75 Å². The maximum Gasteiger partial charge on any atom is 0.307 e. The quantitative estimate of drug-likeness (QED) is 0.507. The van der Waals surface area contributed by atoms with E-state index in [2.05, 4.69) is 76.3 Å². The third-order valence-electron chi connectivity index (χ3n) is 8.47. The normalized spacial score (nSPS) is 27.2. The molecule has 4 nitrogen and oxygen atoms in total. The molecule has 0 bridgehead atoms. The van der Waals surface area contributed by atoms with Crippen molar-refractivity contribution >= 4 is 16.7 Å². The van der Waals surface area contributed by atoms with Gasteiger partial charge in [0.2, 0.25) is 0 Å². The highest BCUT2D eigenvalue weighted by atomic mass is 16.5. The summed E-state index contributed by atoms with van der Waals surface area (Å²) in [5, 5.41) is 15.3. The molecule has 0 radical (unpaired) electrons. The molecule has 0 amide bonds. The molecule has 2 unspecified atom stereocenters. The van der Waals surface area contributed by atoms with Crippen LogP contribution in [0.2, 0.25) is 0 Å². The number of hydrogen-bond donors (Lipinski definition) is 2. The average Bonchev–Trinajstić information content (AvgIpc) is 2.75. The summed E-state index contributed by atoms with van der Waals surface area (Å²) >= 11 is 0. The molecule has 0 aliphatic heterocycles. The maximum absolute atomic E-state index is 11.3. The zero-order valence-corrected chi connectivity index (χ0v) is 21.0. The molecule has 33 heavy (non-hydrogen) atoms. The average molecular weight is 452 g/mol. The van der Waals surface area contributed by atoms with Gasteiger partial charge in [-0.25, -0.2) is 0 Å². The van der Waals surface area contributed by atoms with Crippen LogP contribution in [0.1, 0.15) is 72.3 Å². The van der Waals surface area contributed by atoms with Gasteiger partial charge >= 0.3 is 5.97 Å². The van der Waals surface area contributed by atoms with Crippen molar-refractivity contribution in [3.63, 3.8) is 0 Å². The number of carbonyl (C=O) groups is 1. The van der Waals surface area contributed by atoms with E-state index < -0.39 is 5.97 Å². The minimum atomic E-state index is -0.673. The Balaban J connectivity index is 1.33. The third-order valence-corrected chi connectivity index (χ3v) is 8.47. The molecular weight excluding hydrogens is 410 g/mol. The molecule has 2 fully saturated rings. The summed E-state index contributed by atoms with van der Waals surface area (Å²) in [6.07, 6.45) is 6.76. The van der Waals surface area contributed by atoms with E-state index in [9.17, 15) is 9.90 Å². The van der Waals surface area contributed by atoms with Crippen molar-refractivity contribution in [2.75, 3.05) is 6.54 Å². The molecule has 4 heteroatoms. The van der Waals surface area contributed by atoms with Crippen LogP contribution < -0.4 is 10.1 Å². The Morgan fingerprint density at radius 3 is 2.48 bits per heavy atom. The van der Waals surface area contributed by atoms with Crippen molar-refractivity contribution in [1.29, 1.82) is 0 Å². The summed E-state index contributed by atoms with van der Waals surface area (Å²) in [6.45, 7) is 12.0. The van der Waals surface area contributed by atoms with Crippen molar-refractivity contribution in [2.45, 2.75) is 85.3 Å². The molecule has 4 rings (SSSR count). The SMILES string of the molecule is CC(C)(C)C1CCC(Oc2cccc3cc(CCNC4CC(C(=O)O)C4(C)C)ccc23)CC1. The highest BCUT2D eigenvalue weighted by molar-refractivity contribution is 5.88. The fraction of sp³-hybridized carbons (Fsp3) is 0.621. The summed E-state index contributed by atoms with van der Waals surface area (Å²) < 4.78 is 6.50. The number of rotatable bonds is 7. The highest BCUT2D eigenvalue weighted by Crippen LogP contribution is 2.46. The Kier molecular flexibility index (Phi) is 6.77. The lowest BCUT2D eigenvalue weighted by Crippen LogP contribution is -2.59. The van der Waals surface area contributed by atoms with Gasteiger partial charge in [0.1, 0.15) is 5.75 Å². The van der Waals surface area contributed by atoms with Crippen molar-refractivity contribution in [3.05, 3.63) is 42.0 Å². The lowest BCUT2D eigenvalue weighted by Gasteiger charge is -2.50. The summed E-state index contributed by atoms with van der Waals surface area (Å²) in [4.78, 5) is 11.3. The lowest BCUT2D eigenvalue weighted by atomic mass is 9.58. The Morgan fingerprint density at radius 1 is 1.12 bits per heavy atom. The summed E-state index contributed by atoms with van der Waals surface area (Å²) in [5.74, 6) is 0.888. The Bertz CT molecular complexity index is 982. The van der Waals surface area contributed by atoms with E-state index in [1.807, 2.05) is 0 Å². The molecule has 0 spiro atoms. The van der Waals surface area contributed by atoms with Crippen LogP contribution in [0.5, 0.6) is 5.75 Å². The van der Waals surface area contributed by atoms with Gasteiger partial charge in [-0.2, -0.15) is 0 Å². The van der Waals surface area contributed by atoms with Crippen LogP contribution in [0.3, 0.4) is 0 Å². The minimum Gasteiger partial charge on any atom is -0.490 e. The maximum atomic E-state index is 11.3. The standard InChI is InChI=1S/C29H41NO3/c1-28(2,3)21-10-12-22(13-11-21)33-25-8-6-7-20-17-19(9-14-23(20)25)15-16-30-26-18-24(27(31)32)29(26,4)5/h6-9,14,17,21-22,24,26,30H,10-13,15-16,18H2,1-5H3,(H,31,32). The molecule has 0 saturated heterocycles. The van der Waals surface area contributed by atoms with E-state index >= 15 is 0 Å². The van der Waals surface area contributed by atoms with E-state index in [1.54, 1.807) is 0 Å². The van der Waals surface area contributed by atoms with Gasteiger partial charge in [-0.1, -0.05) is 65.0 Å². The Morgan fingerprint density at radius 2 is 1.85 bits per heavy atom. The van der Waals surface area contributed by atoms with Gasteiger partial charge in [0, 0.05) is 11.4 Å². The number of aliphatic carboxylic acids is 1. The van der Waals surface area contributed by atoms with Crippen molar-refractivity contribution in [1.82, 2.24) is 5.32 Å². The first kappa shape index (κ1) is 24.1. The summed E-state index contributed by atoms with van der Waals surface area (Å²) in [6, 6.07) is 13.3. The first-order valence-corrected chi connectivity index (χ1v) is 12.7. The monoisotopic (exact) mass is 451 g/mol. The number of nitrogens with one attached hydrogen (secondary N) is 1. The molecule has 2 N–H and O–H groups in total. The highest BCUT2D eigenvalue weighted by Gasteiger charge is 2.51. The molecule has 2 aromatic carbocycles. The van der Waals surface area contributed by atoms with E-state index in [1.165, 1.54) is 29.2 Å². The van der Waals surface area contributed by atoms with Gasteiger partial charge in [0.15, 0.2) is 0 Å². The first-order chi connectivity index (χ1) is 15.6. The summed E-state index contributed by atoms with van der Waals surface area (Å²) in [5.41, 5.74) is 1.50. The molecular formula is C29H41NO3. The second-order valence-electron chi connectivity index (χ2n) is 12.0. The molecule has 2 aromatic rings. The van der Waals surface area contributed by atoms with Gasteiger partial charge in [-0.3, -0.25) is 4.79 Å². The molecule has 2 saturated carbocycles. The van der Waals surface area contributed by atoms with Crippen LogP contribution in [-0.4, -0.2) is 29.8 Å². The van der Waals surface area contributed by atoms with E-state index in [4.69, 9.17) is 4.74 Å². The van der Waals surface area contributed by atoms with Crippen LogP contribution in [0, 0.1) is 22.7 Å². The second kappa shape index (κ2) is 9.29. The number of carboxylic acids is 1. The lowest BCUT2D eigenvalue weighted by molar-refractivity contribution is -0.155. The first-order valence-electron chi connectivity index (χ1n) is 12.7. The van der Waals surface area contributed by atoms with Crippen molar-refractivity contribution in [2.24, 2.45) is 22.7 Å². The van der Waals surface area contributed by atoms with Gasteiger partial charge in [-0.05, 0) is 78.8 Å². The fourth-order valence-electron chi connectivity index (χ4n) is 5.87. The minimum absolute atomic E-state index is 0.187. The zero-order valence-electron chi connectivity index (χ0n) is 21.0. The third kappa shape index (κ3) is 5.21. The molecule has 0 heterocycles. The largest absolute Gasteiger partial charge is 0.490 e. The molecule has 2 aliphatic rings. The van der Waals surface area contributed by atoms with Crippen molar-refractivity contribution < 1.29 is 14.6 Å². The molecule has 2 aliphatic carbocycles. The zero-order chi connectivity index (χ0) is 23.8. The number of carboxylic acid groups (broad SMARTS) is 1. The van der Waals surface area contributed by atoms with E-state index in [0.29, 0.717) is 11.5 Å². The topological polar surface area (TPSA) is 58.6 Å². The van der Waals surface area contributed by atoms with Crippen LogP contribution >= 0.6 is 0 Å². The second-order valence-corrected chi connectivity index (χ2v) is 12.0. The van der Waals surface area contributed by atoms with Crippen LogP contribution in [-0.2, 0) is 11.2 Å². The summed E-state index contributed by atoms with van der Waals surface area (Å²) in [7, 11) is 0. The predicted octanol–water partition coefficient (Wildman–Crippen LogP) is 6.45. The predicted molar refractivity (Wildman–Crippen MR) is 135 cm³/mol. The molecule has 180 valence electrons. The van der Waals surface area contributed by atoms with Gasteiger partial charge in [0.05, 0.1) is 12.0 Å². The number of hydrogen-bond acceptors (Lipinski definition) is 3. The smallest absolute Gasteiger partial charge is 0.307 e.